The maximum Gasteiger partial charge on any atom is 0.191 e. The number of hydrogen-bond donors (Lipinski definition) is 2. The molecule has 0 radical (unpaired) electrons. The third kappa shape index (κ3) is 7.08. The predicted molar refractivity (Wildman–Crippen MR) is 138 cm³/mol. The second-order valence-corrected chi connectivity index (χ2v) is 8.50. The number of guanidine groups is 1. The van der Waals surface area contributed by atoms with Crippen LogP contribution in [0.5, 0.6) is 0 Å². The van der Waals surface area contributed by atoms with E-state index in [0.717, 1.165) is 49.9 Å². The van der Waals surface area contributed by atoms with Crippen LogP contribution in [-0.4, -0.2) is 42.8 Å². The molecule has 166 valence electrons. The number of halogens is 1. The van der Waals surface area contributed by atoms with Gasteiger partial charge in [0.1, 0.15) is 0 Å². The molecule has 0 unspecified atom stereocenters. The van der Waals surface area contributed by atoms with Crippen molar-refractivity contribution >= 4 is 47.4 Å². The molecule has 1 fully saturated rings. The molecule has 3 rings (SSSR count). The number of nitrogens with zero attached hydrogens (tertiary/aromatic N) is 3. The SMILES string of the molecule is CCC(CC)c1cc(CNC(=NC)NCc2ccc(N3CCSCC3)cc2)on1.I. The van der Waals surface area contributed by atoms with E-state index in [-0.39, 0.29) is 24.0 Å². The van der Waals surface area contributed by atoms with Crippen molar-refractivity contribution in [3.8, 4) is 0 Å². The largest absolute Gasteiger partial charge is 0.370 e. The topological polar surface area (TPSA) is 65.7 Å². The summed E-state index contributed by atoms with van der Waals surface area (Å²) >= 11 is 2.04. The van der Waals surface area contributed by atoms with Gasteiger partial charge in [-0.15, -0.1) is 24.0 Å². The van der Waals surface area contributed by atoms with Crippen LogP contribution in [0, 0.1) is 0 Å². The third-order valence-electron chi connectivity index (χ3n) is 5.41. The van der Waals surface area contributed by atoms with Crippen molar-refractivity contribution in [2.75, 3.05) is 36.5 Å². The Hall–Kier alpha value is -1.42. The Morgan fingerprint density at radius 2 is 1.80 bits per heavy atom. The summed E-state index contributed by atoms with van der Waals surface area (Å²) in [5, 5.41) is 10.9. The summed E-state index contributed by atoms with van der Waals surface area (Å²) in [5.41, 5.74) is 3.59. The summed E-state index contributed by atoms with van der Waals surface area (Å²) in [6, 6.07) is 10.9. The smallest absolute Gasteiger partial charge is 0.191 e. The number of nitrogens with one attached hydrogen (secondary N) is 2. The van der Waals surface area contributed by atoms with Gasteiger partial charge in [-0.2, -0.15) is 11.8 Å². The normalized spacial score (nSPS) is 14.5. The molecule has 0 aliphatic carbocycles. The quantitative estimate of drug-likeness (QED) is 0.288. The Morgan fingerprint density at radius 3 is 2.43 bits per heavy atom. The fourth-order valence-electron chi connectivity index (χ4n) is 3.54. The van der Waals surface area contributed by atoms with E-state index >= 15 is 0 Å². The Morgan fingerprint density at radius 1 is 1.13 bits per heavy atom. The van der Waals surface area contributed by atoms with E-state index in [1.807, 2.05) is 11.8 Å². The summed E-state index contributed by atoms with van der Waals surface area (Å²) in [6.07, 6.45) is 2.16. The van der Waals surface area contributed by atoms with Crippen LogP contribution in [-0.2, 0) is 13.1 Å². The average molecular weight is 544 g/mol. The highest BCUT2D eigenvalue weighted by molar-refractivity contribution is 14.0. The van der Waals surface area contributed by atoms with Crippen LogP contribution in [0.15, 0.2) is 39.8 Å². The highest BCUT2D eigenvalue weighted by Gasteiger charge is 2.13. The maximum absolute atomic E-state index is 5.48. The average Bonchev–Trinajstić information content (AvgIpc) is 3.24. The molecule has 0 spiro atoms. The first-order valence-electron chi connectivity index (χ1n) is 10.5. The molecule has 2 aromatic rings. The van der Waals surface area contributed by atoms with Gasteiger partial charge in [0.25, 0.3) is 0 Å². The number of aromatic nitrogens is 1. The maximum atomic E-state index is 5.48. The van der Waals surface area contributed by atoms with Crippen LogP contribution in [0.1, 0.15) is 49.6 Å². The molecule has 6 nitrogen and oxygen atoms in total. The lowest BCUT2D eigenvalue weighted by Gasteiger charge is -2.28. The lowest BCUT2D eigenvalue weighted by atomic mass is 9.99. The number of aliphatic imine (C=N–C) groups is 1. The highest BCUT2D eigenvalue weighted by atomic mass is 127. The first kappa shape index (κ1) is 24.8. The zero-order valence-corrected chi connectivity index (χ0v) is 21.3. The lowest BCUT2D eigenvalue weighted by molar-refractivity contribution is 0.368. The van der Waals surface area contributed by atoms with E-state index in [1.54, 1.807) is 7.05 Å². The molecule has 1 aromatic heterocycles. The van der Waals surface area contributed by atoms with Gasteiger partial charge in [-0.05, 0) is 30.5 Å². The molecule has 0 saturated carbocycles. The van der Waals surface area contributed by atoms with Gasteiger partial charge in [0.2, 0.25) is 0 Å². The molecule has 1 aliphatic rings. The van der Waals surface area contributed by atoms with Gasteiger partial charge in [0, 0.05) is 55.9 Å². The van der Waals surface area contributed by atoms with Crippen molar-refractivity contribution in [3.63, 3.8) is 0 Å². The minimum Gasteiger partial charge on any atom is -0.370 e. The van der Waals surface area contributed by atoms with Gasteiger partial charge in [-0.25, -0.2) is 0 Å². The van der Waals surface area contributed by atoms with Crippen molar-refractivity contribution < 1.29 is 4.52 Å². The lowest BCUT2D eigenvalue weighted by Crippen LogP contribution is -2.36. The van der Waals surface area contributed by atoms with Crippen LogP contribution in [0.4, 0.5) is 5.69 Å². The van der Waals surface area contributed by atoms with E-state index < -0.39 is 0 Å². The van der Waals surface area contributed by atoms with E-state index in [9.17, 15) is 0 Å². The van der Waals surface area contributed by atoms with Crippen molar-refractivity contribution in [1.82, 2.24) is 15.8 Å². The van der Waals surface area contributed by atoms with Gasteiger partial charge in [0.05, 0.1) is 12.2 Å². The van der Waals surface area contributed by atoms with Crippen molar-refractivity contribution in [3.05, 3.63) is 47.3 Å². The van der Waals surface area contributed by atoms with Gasteiger partial charge in [0.15, 0.2) is 11.7 Å². The van der Waals surface area contributed by atoms with Crippen LogP contribution in [0.25, 0.3) is 0 Å². The summed E-state index contributed by atoms with van der Waals surface area (Å²) in [6.45, 7) is 7.94. The summed E-state index contributed by atoms with van der Waals surface area (Å²) in [4.78, 5) is 6.77. The molecule has 1 aliphatic heterocycles. The third-order valence-corrected chi connectivity index (χ3v) is 6.35. The van der Waals surface area contributed by atoms with Gasteiger partial charge in [-0.3, -0.25) is 4.99 Å². The number of hydrogen-bond acceptors (Lipinski definition) is 5. The van der Waals surface area contributed by atoms with E-state index in [1.165, 1.54) is 22.8 Å². The van der Waals surface area contributed by atoms with E-state index in [4.69, 9.17) is 4.52 Å². The van der Waals surface area contributed by atoms with E-state index in [2.05, 4.69) is 69.9 Å². The fourth-order valence-corrected chi connectivity index (χ4v) is 4.44. The first-order chi connectivity index (χ1) is 14.2. The first-order valence-corrected chi connectivity index (χ1v) is 11.7. The fraction of sp³-hybridized carbons (Fsp3) is 0.545. The second kappa shape index (κ2) is 13.1. The monoisotopic (exact) mass is 543 g/mol. The molecule has 1 saturated heterocycles. The van der Waals surface area contributed by atoms with Crippen LogP contribution < -0.4 is 15.5 Å². The molecule has 0 bridgehead atoms. The molecule has 0 atom stereocenters. The molecule has 2 N–H and O–H groups in total. The number of thioether (sulfide) groups is 1. The summed E-state index contributed by atoms with van der Waals surface area (Å²) < 4.78 is 5.48. The zero-order valence-electron chi connectivity index (χ0n) is 18.2. The van der Waals surface area contributed by atoms with Crippen molar-refractivity contribution in [1.29, 1.82) is 0 Å². The van der Waals surface area contributed by atoms with Crippen molar-refractivity contribution in [2.24, 2.45) is 4.99 Å². The van der Waals surface area contributed by atoms with Gasteiger partial charge < -0.3 is 20.1 Å². The van der Waals surface area contributed by atoms with Crippen LogP contribution in [0.3, 0.4) is 0 Å². The number of anilines is 1. The molecular formula is C22H34IN5OS. The second-order valence-electron chi connectivity index (χ2n) is 7.28. The Balaban J connectivity index is 0.00000320. The molecule has 0 amide bonds. The molecular weight excluding hydrogens is 509 g/mol. The van der Waals surface area contributed by atoms with Crippen LogP contribution >= 0.6 is 35.7 Å². The summed E-state index contributed by atoms with van der Waals surface area (Å²) in [5.74, 6) is 4.49. The molecule has 8 heteroatoms. The number of benzene rings is 1. The van der Waals surface area contributed by atoms with Gasteiger partial charge in [-0.1, -0.05) is 31.1 Å². The highest BCUT2D eigenvalue weighted by Crippen LogP contribution is 2.22. The number of rotatable bonds is 8. The Kier molecular flexibility index (Phi) is 10.8. The Labute approximate surface area is 201 Å². The molecule has 2 heterocycles. The Bertz CT molecular complexity index is 770. The minimum atomic E-state index is 0. The zero-order chi connectivity index (χ0) is 20.5. The summed E-state index contributed by atoms with van der Waals surface area (Å²) in [7, 11) is 1.78. The standard InChI is InChI=1S/C22H33N5OS.HI/c1-4-18(5-2)21-14-20(28-26-21)16-25-22(23-3)24-15-17-6-8-19(9-7-17)27-10-12-29-13-11-27;/h6-9,14,18H,4-5,10-13,15-16H2,1-3H3,(H2,23,24,25);1H. The van der Waals surface area contributed by atoms with E-state index in [0.29, 0.717) is 12.5 Å². The van der Waals surface area contributed by atoms with Gasteiger partial charge >= 0.3 is 0 Å². The van der Waals surface area contributed by atoms with Crippen molar-refractivity contribution in [2.45, 2.75) is 45.7 Å². The predicted octanol–water partition coefficient (Wildman–Crippen LogP) is 4.61. The van der Waals surface area contributed by atoms with Crippen LogP contribution in [0.2, 0.25) is 0 Å². The minimum absolute atomic E-state index is 0. The molecule has 1 aromatic carbocycles. The molecule has 30 heavy (non-hydrogen) atoms.